The third kappa shape index (κ3) is 4.44. The molecule has 0 fully saturated rings. The molecule has 0 spiro atoms. The van der Waals surface area contributed by atoms with Crippen LogP contribution in [0.2, 0.25) is 0 Å². The number of aromatic nitrogens is 1. The molecule has 1 amide bonds. The van der Waals surface area contributed by atoms with E-state index in [0.717, 1.165) is 33.7 Å². The van der Waals surface area contributed by atoms with Crippen molar-refractivity contribution in [2.24, 2.45) is 0 Å². The van der Waals surface area contributed by atoms with Gasteiger partial charge < -0.3 is 14.5 Å². The van der Waals surface area contributed by atoms with Crippen LogP contribution in [-0.2, 0) is 0 Å². The largest absolute Gasteiger partial charge is 0.497 e. The number of carbonyl (C=O) groups is 1. The van der Waals surface area contributed by atoms with E-state index in [9.17, 15) is 4.79 Å². The molecule has 0 aliphatic rings. The van der Waals surface area contributed by atoms with Crippen LogP contribution in [0.1, 0.15) is 22.2 Å². The number of ether oxygens (including phenoxy) is 1. The average molecular weight is 415 g/mol. The molecular formula is C25H25N3O3. The number of hydrogen-bond acceptors (Lipinski definition) is 5. The van der Waals surface area contributed by atoms with E-state index < -0.39 is 0 Å². The third-order valence-corrected chi connectivity index (χ3v) is 5.30. The molecule has 0 bridgehead atoms. The first-order chi connectivity index (χ1) is 15.1. The second-order valence-corrected chi connectivity index (χ2v) is 7.51. The van der Waals surface area contributed by atoms with Gasteiger partial charge in [0.05, 0.1) is 36.2 Å². The van der Waals surface area contributed by atoms with Crippen LogP contribution in [0.5, 0.6) is 5.75 Å². The van der Waals surface area contributed by atoms with Crippen LogP contribution in [0.15, 0.2) is 77.4 Å². The summed E-state index contributed by atoms with van der Waals surface area (Å²) in [5.41, 5.74) is 3.02. The van der Waals surface area contributed by atoms with Crippen molar-refractivity contribution >= 4 is 16.8 Å². The van der Waals surface area contributed by atoms with Crippen molar-refractivity contribution in [3.05, 3.63) is 84.3 Å². The number of likely N-dealkylation sites (N-methyl/N-ethyl adjacent to an activating group) is 1. The first kappa shape index (κ1) is 20.6. The minimum atomic E-state index is -0.147. The Morgan fingerprint density at radius 3 is 2.55 bits per heavy atom. The van der Waals surface area contributed by atoms with Gasteiger partial charge in [0.25, 0.3) is 5.91 Å². The van der Waals surface area contributed by atoms with Crippen LogP contribution in [-0.4, -0.2) is 43.5 Å². The van der Waals surface area contributed by atoms with Crippen LogP contribution in [0.3, 0.4) is 0 Å². The molecule has 158 valence electrons. The Balaban J connectivity index is 1.66. The Morgan fingerprint density at radius 1 is 1.10 bits per heavy atom. The van der Waals surface area contributed by atoms with Crippen molar-refractivity contribution in [2.45, 2.75) is 6.04 Å². The highest BCUT2D eigenvalue weighted by molar-refractivity contribution is 6.07. The maximum Gasteiger partial charge on any atom is 0.252 e. The molecule has 6 nitrogen and oxygen atoms in total. The SMILES string of the molecule is COc1ccc(-c2cc(C(=O)NCC(c3ccco3)N(C)C)c3ccccc3n2)cc1. The van der Waals surface area contributed by atoms with Crippen LogP contribution in [0.25, 0.3) is 22.2 Å². The van der Waals surface area contributed by atoms with Gasteiger partial charge in [-0.1, -0.05) is 18.2 Å². The highest BCUT2D eigenvalue weighted by Gasteiger charge is 2.20. The molecule has 0 radical (unpaired) electrons. The predicted molar refractivity (Wildman–Crippen MR) is 121 cm³/mol. The number of methoxy groups -OCH3 is 1. The molecular weight excluding hydrogens is 390 g/mol. The van der Waals surface area contributed by atoms with Crippen LogP contribution in [0.4, 0.5) is 0 Å². The average Bonchev–Trinajstić information content (AvgIpc) is 3.32. The lowest BCUT2D eigenvalue weighted by Gasteiger charge is -2.22. The summed E-state index contributed by atoms with van der Waals surface area (Å²) in [6.45, 7) is 0.424. The normalized spacial score (nSPS) is 12.1. The number of hydrogen-bond donors (Lipinski definition) is 1. The Hall–Kier alpha value is -3.64. The number of benzene rings is 2. The number of amides is 1. The molecule has 4 rings (SSSR count). The minimum Gasteiger partial charge on any atom is -0.497 e. The summed E-state index contributed by atoms with van der Waals surface area (Å²) in [4.78, 5) is 20.0. The number of para-hydroxylation sites is 1. The van der Waals surface area contributed by atoms with Gasteiger partial charge in [0.15, 0.2) is 0 Å². The fraction of sp³-hybridized carbons (Fsp3) is 0.200. The third-order valence-electron chi connectivity index (χ3n) is 5.30. The Labute approximate surface area is 181 Å². The maximum absolute atomic E-state index is 13.2. The van der Waals surface area contributed by atoms with E-state index in [2.05, 4.69) is 5.32 Å². The second-order valence-electron chi connectivity index (χ2n) is 7.51. The monoisotopic (exact) mass is 415 g/mol. The van der Waals surface area contributed by atoms with Crippen LogP contribution < -0.4 is 10.1 Å². The molecule has 0 aliphatic carbocycles. The summed E-state index contributed by atoms with van der Waals surface area (Å²) in [5, 5.41) is 3.89. The van der Waals surface area contributed by atoms with Gasteiger partial charge in [-0.05, 0) is 62.6 Å². The standard InChI is InChI=1S/C25H25N3O3/c1-28(2)23(24-9-6-14-31-24)16-26-25(29)20-15-22(17-10-12-18(30-3)13-11-17)27-21-8-5-4-7-19(20)21/h4-15,23H,16H2,1-3H3,(H,26,29). The number of carbonyl (C=O) groups excluding carboxylic acids is 1. The number of nitrogens with zero attached hydrogens (tertiary/aromatic N) is 2. The summed E-state index contributed by atoms with van der Waals surface area (Å²) >= 11 is 0. The van der Waals surface area contributed by atoms with E-state index in [0.29, 0.717) is 12.1 Å². The van der Waals surface area contributed by atoms with Crippen LogP contribution in [0, 0.1) is 0 Å². The zero-order valence-corrected chi connectivity index (χ0v) is 17.8. The number of rotatable bonds is 7. The Bertz CT molecular complexity index is 1170. The minimum absolute atomic E-state index is 0.0619. The predicted octanol–water partition coefficient (Wildman–Crippen LogP) is 4.54. The van der Waals surface area contributed by atoms with Crippen molar-refractivity contribution in [1.29, 1.82) is 0 Å². The molecule has 1 atom stereocenters. The van der Waals surface area contributed by atoms with Crippen LogP contribution >= 0.6 is 0 Å². The van der Waals surface area contributed by atoms with Gasteiger partial charge in [-0.25, -0.2) is 4.98 Å². The summed E-state index contributed by atoms with van der Waals surface area (Å²) in [5.74, 6) is 1.44. The van der Waals surface area contributed by atoms with E-state index in [4.69, 9.17) is 14.1 Å². The van der Waals surface area contributed by atoms with Crippen molar-refractivity contribution < 1.29 is 13.9 Å². The second kappa shape index (κ2) is 9.02. The number of furan rings is 1. The van der Waals surface area contributed by atoms with Crippen molar-refractivity contribution in [1.82, 2.24) is 15.2 Å². The van der Waals surface area contributed by atoms with Gasteiger partial charge in [0, 0.05) is 17.5 Å². The Kier molecular flexibility index (Phi) is 6.00. The van der Waals surface area contributed by atoms with Gasteiger partial charge in [0.2, 0.25) is 0 Å². The first-order valence-electron chi connectivity index (χ1n) is 10.1. The van der Waals surface area contributed by atoms with E-state index in [1.807, 2.05) is 85.7 Å². The van der Waals surface area contributed by atoms with E-state index in [1.54, 1.807) is 13.4 Å². The lowest BCUT2D eigenvalue weighted by molar-refractivity contribution is 0.0940. The molecule has 4 aromatic rings. The zero-order chi connectivity index (χ0) is 21.8. The van der Waals surface area contributed by atoms with E-state index in [-0.39, 0.29) is 11.9 Å². The summed E-state index contributed by atoms with van der Waals surface area (Å²) in [7, 11) is 5.56. The van der Waals surface area contributed by atoms with Crippen molar-refractivity contribution in [2.75, 3.05) is 27.7 Å². The molecule has 31 heavy (non-hydrogen) atoms. The van der Waals surface area contributed by atoms with Gasteiger partial charge in [0.1, 0.15) is 11.5 Å². The summed E-state index contributed by atoms with van der Waals surface area (Å²) in [6.07, 6.45) is 1.64. The summed E-state index contributed by atoms with van der Waals surface area (Å²) in [6, 6.07) is 20.9. The van der Waals surface area contributed by atoms with Gasteiger partial charge in [-0.15, -0.1) is 0 Å². The topological polar surface area (TPSA) is 67.6 Å². The first-order valence-corrected chi connectivity index (χ1v) is 10.1. The lowest BCUT2D eigenvalue weighted by Crippen LogP contribution is -2.34. The smallest absolute Gasteiger partial charge is 0.252 e. The van der Waals surface area contributed by atoms with E-state index in [1.165, 1.54) is 0 Å². The molecule has 0 saturated carbocycles. The van der Waals surface area contributed by atoms with Gasteiger partial charge >= 0.3 is 0 Å². The fourth-order valence-corrected chi connectivity index (χ4v) is 3.58. The molecule has 2 aromatic heterocycles. The molecule has 1 unspecified atom stereocenters. The highest BCUT2D eigenvalue weighted by atomic mass is 16.5. The molecule has 2 heterocycles. The number of pyridine rings is 1. The molecule has 0 aliphatic heterocycles. The zero-order valence-electron chi connectivity index (χ0n) is 17.8. The lowest BCUT2D eigenvalue weighted by atomic mass is 10.0. The van der Waals surface area contributed by atoms with E-state index >= 15 is 0 Å². The quantitative estimate of drug-likeness (QED) is 0.480. The molecule has 1 N–H and O–H groups in total. The van der Waals surface area contributed by atoms with Crippen molar-refractivity contribution in [3.8, 4) is 17.0 Å². The van der Waals surface area contributed by atoms with Gasteiger partial charge in [-0.3, -0.25) is 9.69 Å². The van der Waals surface area contributed by atoms with Gasteiger partial charge in [-0.2, -0.15) is 0 Å². The molecule has 2 aromatic carbocycles. The Morgan fingerprint density at radius 2 is 1.87 bits per heavy atom. The molecule has 0 saturated heterocycles. The highest BCUT2D eigenvalue weighted by Crippen LogP contribution is 2.26. The summed E-state index contributed by atoms with van der Waals surface area (Å²) < 4.78 is 10.8. The molecule has 6 heteroatoms. The maximum atomic E-state index is 13.2. The fourth-order valence-electron chi connectivity index (χ4n) is 3.58. The van der Waals surface area contributed by atoms with Crippen molar-refractivity contribution in [3.63, 3.8) is 0 Å². The number of fused-ring (bicyclic) bond motifs is 1. The number of nitrogens with one attached hydrogen (secondary N) is 1.